The number of nitrogen functional groups attached to an aromatic ring is 1. The van der Waals surface area contributed by atoms with Gasteiger partial charge in [-0.3, -0.25) is 4.79 Å². The molecule has 0 aliphatic rings. The Kier molecular flexibility index (Phi) is 6.11. The smallest absolute Gasteiger partial charge is 0.310 e. The van der Waals surface area contributed by atoms with Gasteiger partial charge in [-0.2, -0.15) is 0 Å². The molecule has 0 amide bonds. The molecule has 4 nitrogen and oxygen atoms in total. The van der Waals surface area contributed by atoms with Crippen LogP contribution in [0.2, 0.25) is 0 Å². The van der Waals surface area contributed by atoms with Gasteiger partial charge in [0, 0.05) is 6.20 Å². The first-order chi connectivity index (χ1) is 6.72. The number of carbonyl (C=O) groups excluding carboxylic acids is 1. The Hall–Kier alpha value is -1.58. The number of pyridine rings is 1. The van der Waals surface area contributed by atoms with Crippen molar-refractivity contribution in [3.05, 3.63) is 23.9 Å². The third-order valence-corrected chi connectivity index (χ3v) is 1.42. The highest BCUT2D eigenvalue weighted by atomic mass is 16.5. The molecular formula is C10H16N2O2. The number of hydrogen-bond donors (Lipinski definition) is 1. The minimum absolute atomic E-state index is 0.240. The minimum atomic E-state index is -0.276. The molecule has 1 rings (SSSR count). The zero-order valence-corrected chi connectivity index (χ0v) is 8.78. The second-order valence-electron chi connectivity index (χ2n) is 2.34. The van der Waals surface area contributed by atoms with Crippen LogP contribution in [0.15, 0.2) is 18.3 Å². The maximum Gasteiger partial charge on any atom is 0.310 e. The van der Waals surface area contributed by atoms with E-state index in [1.807, 2.05) is 13.8 Å². The first-order valence-corrected chi connectivity index (χ1v) is 4.49. The first kappa shape index (κ1) is 12.4. The normalized spacial score (nSPS) is 8.50. The van der Waals surface area contributed by atoms with E-state index in [0.717, 1.165) is 5.56 Å². The van der Waals surface area contributed by atoms with Crippen LogP contribution in [0.1, 0.15) is 19.4 Å². The van der Waals surface area contributed by atoms with Crippen LogP contribution in [-0.4, -0.2) is 18.1 Å². The van der Waals surface area contributed by atoms with E-state index in [0.29, 0.717) is 5.82 Å². The zero-order valence-electron chi connectivity index (χ0n) is 8.78. The van der Waals surface area contributed by atoms with Crippen LogP contribution in [-0.2, 0) is 16.0 Å². The number of aromatic nitrogens is 1. The van der Waals surface area contributed by atoms with Crippen LogP contribution in [0.5, 0.6) is 0 Å². The van der Waals surface area contributed by atoms with Gasteiger partial charge in [0.25, 0.3) is 0 Å². The molecule has 1 aromatic rings. The summed E-state index contributed by atoms with van der Waals surface area (Å²) in [7, 11) is 1.35. The number of carbonyl (C=O) groups is 1. The number of nitrogens with two attached hydrogens (primary N) is 1. The average molecular weight is 196 g/mol. The third kappa shape index (κ3) is 4.45. The molecule has 0 atom stereocenters. The fraction of sp³-hybridized carbons (Fsp3) is 0.400. The summed E-state index contributed by atoms with van der Waals surface area (Å²) < 4.78 is 4.49. The maximum absolute atomic E-state index is 10.8. The van der Waals surface area contributed by atoms with Gasteiger partial charge in [-0.1, -0.05) is 19.9 Å². The molecule has 0 aromatic carbocycles. The highest BCUT2D eigenvalue weighted by molar-refractivity contribution is 5.72. The molecule has 1 aromatic heterocycles. The molecule has 0 bridgehead atoms. The van der Waals surface area contributed by atoms with Crippen molar-refractivity contribution < 1.29 is 9.53 Å². The largest absolute Gasteiger partial charge is 0.469 e. The van der Waals surface area contributed by atoms with Gasteiger partial charge in [0.15, 0.2) is 0 Å². The Balaban J connectivity index is 0.000000791. The Labute approximate surface area is 84.1 Å². The van der Waals surface area contributed by atoms with Crippen molar-refractivity contribution in [2.45, 2.75) is 20.3 Å². The van der Waals surface area contributed by atoms with Crippen molar-refractivity contribution in [3.63, 3.8) is 0 Å². The minimum Gasteiger partial charge on any atom is -0.469 e. The molecule has 0 aliphatic carbocycles. The predicted molar refractivity (Wildman–Crippen MR) is 55.7 cm³/mol. The lowest BCUT2D eigenvalue weighted by molar-refractivity contribution is -0.139. The lowest BCUT2D eigenvalue weighted by atomic mass is 10.2. The van der Waals surface area contributed by atoms with Gasteiger partial charge in [-0.25, -0.2) is 4.98 Å². The fourth-order valence-electron chi connectivity index (χ4n) is 0.779. The molecule has 0 radical (unpaired) electrons. The lowest BCUT2D eigenvalue weighted by Crippen LogP contribution is -2.04. The SMILES string of the molecule is CC.COC(=O)Cc1ccc(N)nc1. The number of anilines is 1. The van der Waals surface area contributed by atoms with E-state index in [2.05, 4.69) is 9.72 Å². The van der Waals surface area contributed by atoms with Crippen molar-refractivity contribution >= 4 is 11.8 Å². The third-order valence-electron chi connectivity index (χ3n) is 1.42. The van der Waals surface area contributed by atoms with Crippen LogP contribution in [0.3, 0.4) is 0 Å². The Morgan fingerprint density at radius 1 is 1.50 bits per heavy atom. The van der Waals surface area contributed by atoms with Crippen LogP contribution in [0.4, 0.5) is 5.82 Å². The molecule has 0 saturated carbocycles. The summed E-state index contributed by atoms with van der Waals surface area (Å²) in [4.78, 5) is 14.6. The lowest BCUT2D eigenvalue weighted by Gasteiger charge is -1.98. The van der Waals surface area contributed by atoms with Crippen molar-refractivity contribution in [2.24, 2.45) is 0 Å². The summed E-state index contributed by atoms with van der Waals surface area (Å²) in [5.41, 5.74) is 6.16. The monoisotopic (exact) mass is 196 g/mol. The predicted octanol–water partition coefficient (Wildman–Crippen LogP) is 1.41. The Morgan fingerprint density at radius 3 is 2.57 bits per heavy atom. The van der Waals surface area contributed by atoms with E-state index in [9.17, 15) is 4.79 Å². The number of rotatable bonds is 2. The Morgan fingerprint density at radius 2 is 2.14 bits per heavy atom. The molecule has 78 valence electrons. The molecule has 0 spiro atoms. The molecule has 2 N–H and O–H groups in total. The summed E-state index contributed by atoms with van der Waals surface area (Å²) in [5, 5.41) is 0. The Bertz CT molecular complexity index is 270. The fourth-order valence-corrected chi connectivity index (χ4v) is 0.779. The van der Waals surface area contributed by atoms with Crippen LogP contribution < -0.4 is 5.73 Å². The topological polar surface area (TPSA) is 65.2 Å². The van der Waals surface area contributed by atoms with Gasteiger partial charge in [0.05, 0.1) is 13.5 Å². The van der Waals surface area contributed by atoms with E-state index in [1.54, 1.807) is 18.3 Å². The van der Waals surface area contributed by atoms with Crippen LogP contribution in [0, 0.1) is 0 Å². The molecular weight excluding hydrogens is 180 g/mol. The van der Waals surface area contributed by atoms with E-state index in [4.69, 9.17) is 5.73 Å². The van der Waals surface area contributed by atoms with E-state index >= 15 is 0 Å². The zero-order chi connectivity index (χ0) is 11.0. The number of esters is 1. The quantitative estimate of drug-likeness (QED) is 0.726. The van der Waals surface area contributed by atoms with Crippen molar-refractivity contribution in [1.29, 1.82) is 0 Å². The molecule has 0 saturated heterocycles. The van der Waals surface area contributed by atoms with E-state index in [-0.39, 0.29) is 12.4 Å². The van der Waals surface area contributed by atoms with Gasteiger partial charge < -0.3 is 10.5 Å². The number of nitrogens with zero attached hydrogens (tertiary/aromatic N) is 1. The van der Waals surface area contributed by atoms with Gasteiger partial charge >= 0.3 is 5.97 Å². The maximum atomic E-state index is 10.8. The van der Waals surface area contributed by atoms with E-state index in [1.165, 1.54) is 7.11 Å². The molecule has 14 heavy (non-hydrogen) atoms. The van der Waals surface area contributed by atoms with E-state index < -0.39 is 0 Å². The summed E-state index contributed by atoms with van der Waals surface area (Å²) in [5.74, 6) is 0.171. The van der Waals surface area contributed by atoms with Gasteiger partial charge in [0.1, 0.15) is 5.82 Å². The number of ether oxygens (including phenoxy) is 1. The average Bonchev–Trinajstić information content (AvgIpc) is 2.24. The summed E-state index contributed by atoms with van der Waals surface area (Å²) in [6.07, 6.45) is 1.80. The van der Waals surface area contributed by atoms with Gasteiger partial charge in [0.2, 0.25) is 0 Å². The highest BCUT2D eigenvalue weighted by Crippen LogP contribution is 2.02. The molecule has 0 fully saturated rings. The van der Waals surface area contributed by atoms with Crippen molar-refractivity contribution in [3.8, 4) is 0 Å². The van der Waals surface area contributed by atoms with Crippen molar-refractivity contribution in [2.75, 3.05) is 12.8 Å². The van der Waals surface area contributed by atoms with Crippen molar-refractivity contribution in [1.82, 2.24) is 4.98 Å². The number of methoxy groups -OCH3 is 1. The van der Waals surface area contributed by atoms with Gasteiger partial charge in [-0.05, 0) is 11.6 Å². The van der Waals surface area contributed by atoms with Crippen LogP contribution >= 0.6 is 0 Å². The molecule has 0 aliphatic heterocycles. The summed E-state index contributed by atoms with van der Waals surface area (Å²) >= 11 is 0. The molecule has 4 heteroatoms. The molecule has 0 unspecified atom stereocenters. The molecule has 1 heterocycles. The standard InChI is InChI=1S/C8H10N2O2.C2H6/c1-12-8(11)4-6-2-3-7(9)10-5-6;1-2/h2-3,5H,4H2,1H3,(H2,9,10);1-2H3. The van der Waals surface area contributed by atoms with Crippen LogP contribution in [0.25, 0.3) is 0 Å². The first-order valence-electron chi connectivity index (χ1n) is 4.49. The number of hydrogen-bond acceptors (Lipinski definition) is 4. The summed E-state index contributed by atoms with van der Waals surface area (Å²) in [6.45, 7) is 4.00. The van der Waals surface area contributed by atoms with Gasteiger partial charge in [-0.15, -0.1) is 0 Å². The second kappa shape index (κ2) is 6.88. The highest BCUT2D eigenvalue weighted by Gasteiger charge is 2.01. The second-order valence-corrected chi connectivity index (χ2v) is 2.34. The summed E-state index contributed by atoms with van der Waals surface area (Å²) in [6, 6.07) is 3.40.